The van der Waals surface area contributed by atoms with Gasteiger partial charge in [-0.2, -0.15) is 0 Å². The Labute approximate surface area is 186 Å². The summed E-state index contributed by atoms with van der Waals surface area (Å²) in [6.45, 7) is 1.82. The summed E-state index contributed by atoms with van der Waals surface area (Å²) in [5.41, 5.74) is 0.960. The van der Waals surface area contributed by atoms with Gasteiger partial charge in [0.25, 0.3) is 0 Å². The molecule has 1 aliphatic rings. The van der Waals surface area contributed by atoms with Gasteiger partial charge >= 0.3 is 0 Å². The van der Waals surface area contributed by atoms with Crippen molar-refractivity contribution in [2.24, 2.45) is 0 Å². The molecule has 1 atom stereocenters. The number of nitrogens with zero attached hydrogens (tertiary/aromatic N) is 1. The predicted octanol–water partition coefficient (Wildman–Crippen LogP) is 5.15. The first-order valence-corrected chi connectivity index (χ1v) is 10.9. The minimum atomic E-state index is -0.725. The van der Waals surface area contributed by atoms with Gasteiger partial charge in [0.2, 0.25) is 11.8 Å². The highest BCUT2D eigenvalue weighted by Gasteiger charge is 2.29. The molecule has 0 saturated heterocycles. The maximum atomic E-state index is 14.1. The van der Waals surface area contributed by atoms with Crippen LogP contribution < -0.4 is 5.32 Å². The number of amides is 2. The smallest absolute Gasteiger partial charge is 0.242 e. The second kappa shape index (κ2) is 10.3. The third kappa shape index (κ3) is 5.73. The van der Waals surface area contributed by atoms with Crippen LogP contribution in [0.1, 0.15) is 43.7 Å². The van der Waals surface area contributed by atoms with Crippen molar-refractivity contribution in [2.45, 2.75) is 57.7 Å². The van der Waals surface area contributed by atoms with Gasteiger partial charge in [0.1, 0.15) is 11.9 Å². The highest BCUT2D eigenvalue weighted by atomic mass is 35.5. The van der Waals surface area contributed by atoms with Gasteiger partial charge in [-0.15, -0.1) is 0 Å². The molecule has 0 heterocycles. The summed E-state index contributed by atoms with van der Waals surface area (Å²) in [7, 11) is 0. The highest BCUT2D eigenvalue weighted by molar-refractivity contribution is 6.35. The largest absolute Gasteiger partial charge is 0.352 e. The third-order valence-corrected chi connectivity index (χ3v) is 6.11. The summed E-state index contributed by atoms with van der Waals surface area (Å²) in [5, 5.41) is 3.94. The van der Waals surface area contributed by atoms with Crippen LogP contribution in [0, 0.1) is 5.82 Å². The van der Waals surface area contributed by atoms with E-state index >= 15 is 0 Å². The topological polar surface area (TPSA) is 49.4 Å². The zero-order valence-corrected chi connectivity index (χ0v) is 18.3. The van der Waals surface area contributed by atoms with E-state index in [2.05, 4.69) is 5.32 Å². The molecular formula is C23H25Cl2FN2O2. The van der Waals surface area contributed by atoms with Crippen molar-refractivity contribution in [3.8, 4) is 0 Å². The minimum absolute atomic E-state index is 0.128. The van der Waals surface area contributed by atoms with Gasteiger partial charge in [-0.05, 0) is 49.1 Å². The molecular weight excluding hydrogens is 426 g/mol. The standard InChI is InChI=1S/C23H25Cl2FN2O2/c1-15(23(30)27-19-7-3-4-8-19)28(14-17-10-11-18(24)13-20(17)25)22(29)12-16-6-2-5-9-21(16)26/h2,5-6,9-11,13,15,19H,3-4,7-8,12,14H2,1H3,(H,27,30). The Kier molecular flexibility index (Phi) is 7.73. The Balaban J connectivity index is 1.81. The SMILES string of the molecule is CC(C(=O)NC1CCCC1)N(Cc1ccc(Cl)cc1Cl)C(=O)Cc1ccccc1F. The number of carbonyl (C=O) groups is 2. The zero-order valence-electron chi connectivity index (χ0n) is 16.8. The molecule has 7 heteroatoms. The van der Waals surface area contributed by atoms with Crippen LogP contribution in [0.4, 0.5) is 4.39 Å². The number of hydrogen-bond acceptors (Lipinski definition) is 2. The van der Waals surface area contributed by atoms with Gasteiger partial charge in [-0.25, -0.2) is 4.39 Å². The van der Waals surface area contributed by atoms with Gasteiger partial charge in [0.05, 0.1) is 6.42 Å². The molecule has 0 radical (unpaired) electrons. The Morgan fingerprint density at radius 3 is 2.50 bits per heavy atom. The van der Waals surface area contributed by atoms with Crippen LogP contribution in [0.2, 0.25) is 10.0 Å². The number of carbonyl (C=O) groups excluding carboxylic acids is 2. The normalized spacial score (nSPS) is 15.1. The lowest BCUT2D eigenvalue weighted by molar-refractivity contribution is -0.140. The molecule has 4 nitrogen and oxygen atoms in total. The van der Waals surface area contributed by atoms with Crippen LogP contribution in [-0.4, -0.2) is 28.8 Å². The molecule has 1 fully saturated rings. The fourth-order valence-electron chi connectivity index (χ4n) is 3.71. The van der Waals surface area contributed by atoms with Crippen molar-refractivity contribution in [1.82, 2.24) is 10.2 Å². The van der Waals surface area contributed by atoms with E-state index in [0.717, 1.165) is 25.7 Å². The first kappa shape index (κ1) is 22.6. The van der Waals surface area contributed by atoms with Crippen LogP contribution in [0.3, 0.4) is 0 Å². The summed E-state index contributed by atoms with van der Waals surface area (Å²) < 4.78 is 14.1. The Hall–Kier alpha value is -2.11. The van der Waals surface area contributed by atoms with E-state index in [1.807, 2.05) is 0 Å². The van der Waals surface area contributed by atoms with Gasteiger partial charge in [0.15, 0.2) is 0 Å². The van der Waals surface area contributed by atoms with Crippen molar-refractivity contribution in [2.75, 3.05) is 0 Å². The van der Waals surface area contributed by atoms with Crippen LogP contribution in [-0.2, 0) is 22.6 Å². The second-order valence-electron chi connectivity index (χ2n) is 7.69. The van der Waals surface area contributed by atoms with E-state index in [9.17, 15) is 14.0 Å². The number of halogens is 3. The summed E-state index contributed by atoms with van der Waals surface area (Å²) in [5.74, 6) is -1.01. The van der Waals surface area contributed by atoms with E-state index in [-0.39, 0.29) is 36.4 Å². The van der Waals surface area contributed by atoms with Crippen molar-refractivity contribution < 1.29 is 14.0 Å². The minimum Gasteiger partial charge on any atom is -0.352 e. The molecule has 30 heavy (non-hydrogen) atoms. The number of nitrogens with one attached hydrogen (secondary N) is 1. The van der Waals surface area contributed by atoms with Gasteiger partial charge < -0.3 is 10.2 Å². The average Bonchev–Trinajstić information content (AvgIpc) is 3.21. The molecule has 0 spiro atoms. The molecule has 0 bridgehead atoms. The molecule has 2 amide bonds. The molecule has 0 aromatic heterocycles. The van der Waals surface area contributed by atoms with Crippen molar-refractivity contribution in [3.05, 3.63) is 69.5 Å². The highest BCUT2D eigenvalue weighted by Crippen LogP contribution is 2.24. The van der Waals surface area contributed by atoms with Crippen LogP contribution in [0.15, 0.2) is 42.5 Å². The van der Waals surface area contributed by atoms with Crippen molar-refractivity contribution >= 4 is 35.0 Å². The molecule has 1 aliphatic carbocycles. The predicted molar refractivity (Wildman–Crippen MR) is 117 cm³/mol. The van der Waals surface area contributed by atoms with Gasteiger partial charge in [0, 0.05) is 22.6 Å². The molecule has 1 saturated carbocycles. The van der Waals surface area contributed by atoms with Crippen LogP contribution in [0.25, 0.3) is 0 Å². The lowest BCUT2D eigenvalue weighted by Gasteiger charge is -2.30. The van der Waals surface area contributed by atoms with E-state index in [1.165, 1.54) is 11.0 Å². The molecule has 2 aromatic carbocycles. The van der Waals surface area contributed by atoms with Gasteiger partial charge in [-0.3, -0.25) is 9.59 Å². The van der Waals surface area contributed by atoms with Crippen molar-refractivity contribution in [3.63, 3.8) is 0 Å². The van der Waals surface area contributed by atoms with Crippen LogP contribution in [0.5, 0.6) is 0 Å². The Morgan fingerprint density at radius 2 is 1.83 bits per heavy atom. The maximum absolute atomic E-state index is 14.1. The first-order valence-electron chi connectivity index (χ1n) is 10.1. The summed E-state index contributed by atoms with van der Waals surface area (Å²) in [6.07, 6.45) is 3.94. The number of hydrogen-bond donors (Lipinski definition) is 1. The molecule has 0 aliphatic heterocycles. The van der Waals surface area contributed by atoms with E-state index in [4.69, 9.17) is 23.2 Å². The monoisotopic (exact) mass is 450 g/mol. The number of benzene rings is 2. The summed E-state index contributed by atoms with van der Waals surface area (Å²) in [4.78, 5) is 27.5. The lowest BCUT2D eigenvalue weighted by atomic mass is 10.1. The quantitative estimate of drug-likeness (QED) is 0.633. The van der Waals surface area contributed by atoms with Crippen molar-refractivity contribution in [1.29, 1.82) is 0 Å². The molecule has 3 rings (SSSR count). The average molecular weight is 451 g/mol. The first-order chi connectivity index (χ1) is 14.3. The van der Waals surface area contributed by atoms with E-state index in [0.29, 0.717) is 15.6 Å². The molecule has 1 N–H and O–H groups in total. The summed E-state index contributed by atoms with van der Waals surface area (Å²) in [6, 6.07) is 10.6. The fraction of sp³-hybridized carbons (Fsp3) is 0.391. The van der Waals surface area contributed by atoms with E-state index in [1.54, 1.807) is 43.3 Å². The molecule has 1 unspecified atom stereocenters. The van der Waals surface area contributed by atoms with Gasteiger partial charge in [-0.1, -0.05) is 60.3 Å². The fourth-order valence-corrected chi connectivity index (χ4v) is 4.18. The Morgan fingerprint density at radius 1 is 1.13 bits per heavy atom. The van der Waals surface area contributed by atoms with E-state index < -0.39 is 11.9 Å². The third-order valence-electron chi connectivity index (χ3n) is 5.52. The Bertz CT molecular complexity index is 916. The maximum Gasteiger partial charge on any atom is 0.242 e. The summed E-state index contributed by atoms with van der Waals surface area (Å²) >= 11 is 12.3. The molecule has 160 valence electrons. The zero-order chi connectivity index (χ0) is 21.7. The lowest BCUT2D eigenvalue weighted by Crippen LogP contribution is -2.50. The van der Waals surface area contributed by atoms with Crippen LogP contribution >= 0.6 is 23.2 Å². The second-order valence-corrected chi connectivity index (χ2v) is 8.54. The number of rotatable bonds is 7. The molecule has 2 aromatic rings.